The monoisotopic (exact) mass is 353 g/mol. The molecule has 2 N–H and O–H groups in total. The van der Waals surface area contributed by atoms with Gasteiger partial charge in [-0.1, -0.05) is 20.8 Å². The van der Waals surface area contributed by atoms with Crippen LogP contribution in [-0.4, -0.2) is 70.0 Å². The molecule has 2 amide bonds. The van der Waals surface area contributed by atoms with Crippen molar-refractivity contribution in [1.29, 1.82) is 5.26 Å². The van der Waals surface area contributed by atoms with E-state index in [1.165, 1.54) is 0 Å². The maximum Gasteiger partial charge on any atom is 0.239 e. The molecule has 8 heteroatoms. The van der Waals surface area contributed by atoms with Gasteiger partial charge in [-0.25, -0.2) is 5.01 Å². The molecule has 0 saturated carbocycles. The van der Waals surface area contributed by atoms with Crippen molar-refractivity contribution in [3.8, 4) is 6.07 Å². The minimum absolute atomic E-state index is 0.0914. The number of hydrazine groups is 1. The Balaban J connectivity index is 1.83. The normalized spacial score (nSPS) is 22.8. The molecule has 7 nitrogen and oxygen atoms in total. The van der Waals surface area contributed by atoms with Crippen molar-refractivity contribution in [2.45, 2.75) is 45.7 Å². The number of piperidine rings is 1. The Morgan fingerprint density at radius 3 is 2.50 bits per heavy atom. The van der Waals surface area contributed by atoms with Gasteiger partial charge in [0.05, 0.1) is 18.5 Å². The predicted octanol–water partition coefficient (Wildman–Crippen LogP) is 0.624. The third-order valence-corrected chi connectivity index (χ3v) is 5.54. The van der Waals surface area contributed by atoms with Gasteiger partial charge in [0.15, 0.2) is 0 Å². The minimum Gasteiger partial charge on any atom is -0.342 e. The lowest BCUT2D eigenvalue weighted by Crippen LogP contribution is -2.54. The van der Waals surface area contributed by atoms with E-state index in [1.54, 1.807) is 21.7 Å². The molecular weight excluding hydrogens is 326 g/mol. The summed E-state index contributed by atoms with van der Waals surface area (Å²) in [6, 6.07) is 1.91. The Bertz CT molecular complexity index is 520. The number of amides is 2. The average molecular weight is 353 g/mol. The fourth-order valence-corrected chi connectivity index (χ4v) is 4.15. The molecule has 0 radical (unpaired) electrons. The third kappa shape index (κ3) is 4.41. The quantitative estimate of drug-likeness (QED) is 0.591. The van der Waals surface area contributed by atoms with Gasteiger partial charge in [0.2, 0.25) is 11.8 Å². The summed E-state index contributed by atoms with van der Waals surface area (Å²) < 4.78 is 0. The summed E-state index contributed by atoms with van der Waals surface area (Å²) in [4.78, 5) is 28.1. The maximum absolute atomic E-state index is 12.3. The predicted molar refractivity (Wildman–Crippen MR) is 93.5 cm³/mol. The lowest BCUT2D eigenvalue weighted by Gasteiger charge is -2.38. The first-order valence-corrected chi connectivity index (χ1v) is 9.47. The van der Waals surface area contributed by atoms with E-state index in [-0.39, 0.29) is 35.9 Å². The van der Waals surface area contributed by atoms with Gasteiger partial charge in [-0.2, -0.15) is 5.26 Å². The fourth-order valence-electron chi connectivity index (χ4n) is 3.05. The van der Waals surface area contributed by atoms with E-state index in [0.29, 0.717) is 24.7 Å². The molecule has 24 heavy (non-hydrogen) atoms. The zero-order valence-corrected chi connectivity index (χ0v) is 15.5. The second-order valence-electron chi connectivity index (χ2n) is 7.45. The number of nitrogens with zero attached hydrogens (tertiary/aromatic N) is 4. The number of rotatable bonds is 3. The second-order valence-corrected chi connectivity index (χ2v) is 8.45. The van der Waals surface area contributed by atoms with Gasteiger partial charge in [-0.15, -0.1) is 11.8 Å². The molecule has 2 fully saturated rings. The highest BCUT2D eigenvalue weighted by Gasteiger charge is 2.34. The van der Waals surface area contributed by atoms with Gasteiger partial charge in [0.25, 0.3) is 0 Å². The lowest BCUT2D eigenvalue weighted by molar-refractivity contribution is -0.142. The highest BCUT2D eigenvalue weighted by atomic mass is 32.2. The van der Waals surface area contributed by atoms with Crippen LogP contribution in [0.2, 0.25) is 0 Å². The van der Waals surface area contributed by atoms with Crippen LogP contribution in [0.1, 0.15) is 33.6 Å². The molecular formula is C16H27N5O2S. The number of carbonyl (C=O) groups excluding carboxylic acids is 2. The van der Waals surface area contributed by atoms with Crippen LogP contribution < -0.4 is 5.84 Å². The van der Waals surface area contributed by atoms with E-state index in [4.69, 9.17) is 11.1 Å². The second kappa shape index (κ2) is 7.72. The largest absolute Gasteiger partial charge is 0.342 e. The first-order valence-electron chi connectivity index (χ1n) is 8.31. The van der Waals surface area contributed by atoms with Crippen LogP contribution in [0.25, 0.3) is 0 Å². The molecule has 134 valence electrons. The summed E-state index contributed by atoms with van der Waals surface area (Å²) in [6.45, 7) is 7.24. The smallest absolute Gasteiger partial charge is 0.239 e. The molecule has 2 aliphatic heterocycles. The zero-order chi connectivity index (χ0) is 17.9. The van der Waals surface area contributed by atoms with Gasteiger partial charge in [0, 0.05) is 30.3 Å². The highest BCUT2D eigenvalue weighted by Crippen LogP contribution is 2.23. The SMILES string of the molecule is CC(C)(C)C(=O)N1CCC(N(N)CC(=O)N2CSC[C@H]2C#N)CC1. The van der Waals surface area contributed by atoms with E-state index in [0.717, 1.165) is 12.8 Å². The molecule has 0 bridgehead atoms. The summed E-state index contributed by atoms with van der Waals surface area (Å²) in [5, 5.41) is 10.7. The number of hydrogen-bond donors (Lipinski definition) is 1. The van der Waals surface area contributed by atoms with E-state index in [2.05, 4.69) is 6.07 Å². The van der Waals surface area contributed by atoms with Crippen molar-refractivity contribution < 1.29 is 9.59 Å². The Morgan fingerprint density at radius 2 is 1.96 bits per heavy atom. The maximum atomic E-state index is 12.3. The summed E-state index contributed by atoms with van der Waals surface area (Å²) in [5.41, 5.74) is -0.370. The lowest BCUT2D eigenvalue weighted by atomic mass is 9.93. The number of likely N-dealkylation sites (tertiary alicyclic amines) is 1. The van der Waals surface area contributed by atoms with Crippen LogP contribution in [0.15, 0.2) is 0 Å². The van der Waals surface area contributed by atoms with Crippen LogP contribution in [-0.2, 0) is 9.59 Å². The highest BCUT2D eigenvalue weighted by molar-refractivity contribution is 7.99. The zero-order valence-electron chi connectivity index (χ0n) is 14.7. The van der Waals surface area contributed by atoms with Crippen molar-refractivity contribution in [2.24, 2.45) is 11.3 Å². The topological polar surface area (TPSA) is 93.7 Å². The molecule has 0 aromatic heterocycles. The Labute approximate surface area is 148 Å². The van der Waals surface area contributed by atoms with Gasteiger partial charge in [-0.3, -0.25) is 15.4 Å². The van der Waals surface area contributed by atoms with E-state index < -0.39 is 0 Å². The standard InChI is InChI=1S/C16H27N5O2S/c1-16(2,3)15(23)19-6-4-12(5-7-19)21(18)9-14(22)20-11-24-10-13(20)8-17/h12-13H,4-7,9-11,18H2,1-3H3/t13-/m1/s1. The van der Waals surface area contributed by atoms with Gasteiger partial charge >= 0.3 is 0 Å². The molecule has 1 atom stereocenters. The molecule has 2 saturated heterocycles. The third-order valence-electron chi connectivity index (χ3n) is 4.53. The molecule has 0 aliphatic carbocycles. The molecule has 2 rings (SSSR count). The van der Waals surface area contributed by atoms with E-state index >= 15 is 0 Å². The van der Waals surface area contributed by atoms with E-state index in [1.807, 2.05) is 25.7 Å². The average Bonchev–Trinajstić information content (AvgIpc) is 3.02. The Morgan fingerprint density at radius 1 is 1.33 bits per heavy atom. The first-order chi connectivity index (χ1) is 11.2. The molecule has 0 aromatic rings. The fraction of sp³-hybridized carbons (Fsp3) is 0.812. The van der Waals surface area contributed by atoms with Crippen LogP contribution in [0.5, 0.6) is 0 Å². The van der Waals surface area contributed by atoms with Crippen LogP contribution in [0.4, 0.5) is 0 Å². The van der Waals surface area contributed by atoms with Crippen molar-refractivity contribution in [3.63, 3.8) is 0 Å². The van der Waals surface area contributed by atoms with Gasteiger partial charge < -0.3 is 9.80 Å². The number of carbonyl (C=O) groups is 2. The number of nitriles is 1. The molecule has 0 spiro atoms. The first kappa shape index (κ1) is 19.0. The minimum atomic E-state index is -0.370. The van der Waals surface area contributed by atoms with Crippen LogP contribution in [0.3, 0.4) is 0 Å². The summed E-state index contributed by atoms with van der Waals surface area (Å²) in [6.07, 6.45) is 1.53. The van der Waals surface area contributed by atoms with Crippen molar-refractivity contribution in [2.75, 3.05) is 31.3 Å². The summed E-state index contributed by atoms with van der Waals surface area (Å²) >= 11 is 1.59. The van der Waals surface area contributed by atoms with Crippen molar-refractivity contribution in [1.82, 2.24) is 14.8 Å². The van der Waals surface area contributed by atoms with Crippen molar-refractivity contribution in [3.05, 3.63) is 0 Å². The number of thioether (sulfide) groups is 1. The molecule has 2 aliphatic rings. The van der Waals surface area contributed by atoms with E-state index in [9.17, 15) is 9.59 Å². The number of hydrogen-bond acceptors (Lipinski definition) is 6. The van der Waals surface area contributed by atoms with Gasteiger partial charge in [-0.05, 0) is 12.8 Å². The Hall–Kier alpha value is -1.30. The summed E-state index contributed by atoms with van der Waals surface area (Å²) in [7, 11) is 0. The Kier molecular flexibility index (Phi) is 6.12. The van der Waals surface area contributed by atoms with Gasteiger partial charge in [0.1, 0.15) is 6.04 Å². The molecule has 0 unspecified atom stereocenters. The van der Waals surface area contributed by atoms with Crippen LogP contribution >= 0.6 is 11.8 Å². The number of nitrogens with two attached hydrogens (primary N) is 1. The van der Waals surface area contributed by atoms with Crippen molar-refractivity contribution >= 4 is 23.6 Å². The van der Waals surface area contributed by atoms with Crippen LogP contribution in [0, 0.1) is 16.7 Å². The summed E-state index contributed by atoms with van der Waals surface area (Å²) in [5.74, 6) is 7.39. The molecule has 2 heterocycles. The molecule has 0 aromatic carbocycles.